The van der Waals surface area contributed by atoms with Crippen LogP contribution < -0.4 is 4.74 Å². The number of ether oxygens (including phenoxy) is 2. The lowest BCUT2D eigenvalue weighted by Gasteiger charge is -2.38. The first-order chi connectivity index (χ1) is 13.5. The first-order valence-electron chi connectivity index (χ1n) is 10.4. The third kappa shape index (κ3) is 4.17. The minimum atomic E-state index is 0.0265. The number of nitrogens with zero attached hydrogens (tertiary/aromatic N) is 2. The van der Waals surface area contributed by atoms with E-state index < -0.39 is 0 Å². The van der Waals surface area contributed by atoms with Gasteiger partial charge in [0.2, 0.25) is 5.91 Å². The fraction of sp³-hybridized carbons (Fsp3) is 0.636. The Bertz CT molecular complexity index is 721. The average molecular weight is 386 g/mol. The molecule has 6 nitrogen and oxygen atoms in total. The predicted molar refractivity (Wildman–Crippen MR) is 105 cm³/mol. The second kappa shape index (κ2) is 8.11. The molecule has 0 aromatic heterocycles. The van der Waals surface area contributed by atoms with E-state index in [4.69, 9.17) is 9.47 Å². The Hall–Kier alpha value is -2.08. The summed E-state index contributed by atoms with van der Waals surface area (Å²) in [4.78, 5) is 28.9. The highest BCUT2D eigenvalue weighted by molar-refractivity contribution is 5.80. The number of amides is 2. The summed E-state index contributed by atoms with van der Waals surface area (Å²) < 4.78 is 11.4. The maximum absolute atomic E-state index is 12.6. The number of aryl methyl sites for hydroxylation is 1. The molecule has 3 heterocycles. The lowest BCUT2D eigenvalue weighted by molar-refractivity contribution is -0.135. The largest absolute Gasteiger partial charge is 0.484 e. The molecule has 6 heteroatoms. The number of para-hydroxylation sites is 1. The number of carbonyl (C=O) groups is 2. The Labute approximate surface area is 166 Å². The zero-order chi connectivity index (χ0) is 19.6. The standard InChI is InChI=1S/C22H30N2O4/c1-17-5-2-3-7-19(17)28-15-21(26)23-10-8-22(9-11-23)13-20(25)24(16-22)14-18-6-4-12-27-18/h2-3,5,7,18H,4,6,8-16H2,1H3. The molecule has 3 fully saturated rings. The quantitative estimate of drug-likeness (QED) is 0.780. The number of benzene rings is 1. The summed E-state index contributed by atoms with van der Waals surface area (Å²) >= 11 is 0. The van der Waals surface area contributed by atoms with E-state index in [1.54, 1.807) is 0 Å². The Morgan fingerprint density at radius 2 is 2.07 bits per heavy atom. The third-order valence-corrected chi connectivity index (χ3v) is 6.47. The van der Waals surface area contributed by atoms with Crippen molar-refractivity contribution in [3.63, 3.8) is 0 Å². The Morgan fingerprint density at radius 3 is 2.79 bits per heavy atom. The summed E-state index contributed by atoms with van der Waals surface area (Å²) in [7, 11) is 0. The van der Waals surface area contributed by atoms with Gasteiger partial charge < -0.3 is 19.3 Å². The number of piperidine rings is 1. The van der Waals surface area contributed by atoms with Crippen LogP contribution in [-0.4, -0.2) is 67.1 Å². The maximum Gasteiger partial charge on any atom is 0.260 e. The van der Waals surface area contributed by atoms with Gasteiger partial charge in [-0.1, -0.05) is 18.2 Å². The highest BCUT2D eigenvalue weighted by Crippen LogP contribution is 2.41. The number of hydrogen-bond acceptors (Lipinski definition) is 4. The SMILES string of the molecule is Cc1ccccc1OCC(=O)N1CCC2(CC1)CC(=O)N(CC1CCCO1)C2. The van der Waals surface area contributed by atoms with Crippen LogP contribution in [0.5, 0.6) is 5.75 Å². The molecule has 3 aliphatic rings. The molecule has 0 radical (unpaired) electrons. The van der Waals surface area contributed by atoms with E-state index in [1.807, 2.05) is 41.0 Å². The number of hydrogen-bond donors (Lipinski definition) is 0. The summed E-state index contributed by atoms with van der Waals surface area (Å²) in [6, 6.07) is 7.74. The normalized spacial score (nSPS) is 24.2. The third-order valence-electron chi connectivity index (χ3n) is 6.47. The number of rotatable bonds is 5. The molecule has 28 heavy (non-hydrogen) atoms. The van der Waals surface area contributed by atoms with Crippen LogP contribution in [0.15, 0.2) is 24.3 Å². The monoisotopic (exact) mass is 386 g/mol. The van der Waals surface area contributed by atoms with Crippen LogP contribution >= 0.6 is 0 Å². The van der Waals surface area contributed by atoms with Crippen LogP contribution in [0.1, 0.15) is 37.7 Å². The number of carbonyl (C=O) groups excluding carboxylic acids is 2. The molecular formula is C22H30N2O4. The second-order valence-electron chi connectivity index (χ2n) is 8.52. The molecular weight excluding hydrogens is 356 g/mol. The van der Waals surface area contributed by atoms with Gasteiger partial charge in [-0.3, -0.25) is 9.59 Å². The van der Waals surface area contributed by atoms with E-state index in [0.717, 1.165) is 56.7 Å². The van der Waals surface area contributed by atoms with E-state index in [2.05, 4.69) is 0 Å². The van der Waals surface area contributed by atoms with Gasteiger partial charge in [0, 0.05) is 44.6 Å². The molecule has 3 saturated heterocycles. The zero-order valence-electron chi connectivity index (χ0n) is 16.7. The highest BCUT2D eigenvalue weighted by Gasteiger charge is 2.45. The smallest absolute Gasteiger partial charge is 0.260 e. The summed E-state index contributed by atoms with van der Waals surface area (Å²) in [5.74, 6) is 1.03. The van der Waals surface area contributed by atoms with Gasteiger partial charge in [0.1, 0.15) is 5.75 Å². The van der Waals surface area contributed by atoms with Crippen LogP contribution in [-0.2, 0) is 14.3 Å². The molecule has 1 spiro atoms. The van der Waals surface area contributed by atoms with Crippen molar-refractivity contribution >= 4 is 11.8 Å². The molecule has 1 aromatic rings. The van der Waals surface area contributed by atoms with Gasteiger partial charge >= 0.3 is 0 Å². The van der Waals surface area contributed by atoms with E-state index >= 15 is 0 Å². The topological polar surface area (TPSA) is 59.1 Å². The van der Waals surface area contributed by atoms with Crippen LogP contribution in [0.2, 0.25) is 0 Å². The zero-order valence-corrected chi connectivity index (χ0v) is 16.7. The number of likely N-dealkylation sites (tertiary alicyclic amines) is 2. The molecule has 152 valence electrons. The van der Waals surface area contributed by atoms with Crippen molar-refractivity contribution in [2.75, 3.05) is 39.4 Å². The highest BCUT2D eigenvalue weighted by atomic mass is 16.5. The lowest BCUT2D eigenvalue weighted by Crippen LogP contribution is -2.46. The van der Waals surface area contributed by atoms with E-state index in [1.165, 1.54) is 0 Å². The van der Waals surface area contributed by atoms with E-state index in [9.17, 15) is 9.59 Å². The molecule has 0 aliphatic carbocycles. The molecule has 0 bridgehead atoms. The lowest BCUT2D eigenvalue weighted by atomic mass is 9.77. The van der Waals surface area contributed by atoms with E-state index in [-0.39, 0.29) is 29.9 Å². The fourth-order valence-corrected chi connectivity index (χ4v) is 4.70. The van der Waals surface area contributed by atoms with Crippen molar-refractivity contribution in [3.8, 4) is 5.75 Å². The minimum absolute atomic E-state index is 0.0265. The van der Waals surface area contributed by atoms with Crippen molar-refractivity contribution in [1.29, 1.82) is 0 Å². The van der Waals surface area contributed by atoms with Gasteiger partial charge in [0.25, 0.3) is 5.91 Å². The molecule has 1 aromatic carbocycles. The molecule has 2 amide bonds. The second-order valence-corrected chi connectivity index (χ2v) is 8.52. The van der Waals surface area contributed by atoms with Crippen LogP contribution in [0, 0.1) is 12.3 Å². The van der Waals surface area contributed by atoms with Gasteiger partial charge in [-0.15, -0.1) is 0 Å². The van der Waals surface area contributed by atoms with Crippen LogP contribution in [0.25, 0.3) is 0 Å². The molecule has 1 atom stereocenters. The van der Waals surface area contributed by atoms with Crippen molar-refractivity contribution in [2.45, 2.75) is 45.1 Å². The van der Waals surface area contributed by atoms with Gasteiger partial charge in [-0.05, 0) is 44.2 Å². The first-order valence-corrected chi connectivity index (χ1v) is 10.4. The van der Waals surface area contributed by atoms with Crippen molar-refractivity contribution in [3.05, 3.63) is 29.8 Å². The Morgan fingerprint density at radius 1 is 1.29 bits per heavy atom. The summed E-state index contributed by atoms with van der Waals surface area (Å²) in [5, 5.41) is 0. The van der Waals surface area contributed by atoms with Crippen molar-refractivity contribution in [2.24, 2.45) is 5.41 Å². The minimum Gasteiger partial charge on any atom is -0.484 e. The molecule has 3 aliphatic heterocycles. The summed E-state index contributed by atoms with van der Waals surface area (Å²) in [6.07, 6.45) is 4.74. The van der Waals surface area contributed by atoms with Crippen molar-refractivity contribution in [1.82, 2.24) is 9.80 Å². The van der Waals surface area contributed by atoms with Crippen molar-refractivity contribution < 1.29 is 19.1 Å². The Balaban J connectivity index is 1.26. The Kier molecular flexibility index (Phi) is 5.58. The van der Waals surface area contributed by atoms with Crippen LogP contribution in [0.4, 0.5) is 0 Å². The van der Waals surface area contributed by atoms with Gasteiger partial charge in [-0.25, -0.2) is 0 Å². The summed E-state index contributed by atoms with van der Waals surface area (Å²) in [5.41, 5.74) is 1.06. The fourth-order valence-electron chi connectivity index (χ4n) is 4.70. The summed E-state index contributed by atoms with van der Waals surface area (Å²) in [6.45, 7) is 5.82. The molecule has 0 saturated carbocycles. The van der Waals surface area contributed by atoms with Gasteiger partial charge in [-0.2, -0.15) is 0 Å². The van der Waals surface area contributed by atoms with Gasteiger partial charge in [0.05, 0.1) is 6.10 Å². The molecule has 1 unspecified atom stereocenters. The average Bonchev–Trinajstić information content (AvgIpc) is 3.30. The predicted octanol–water partition coefficient (Wildman–Crippen LogP) is 2.39. The van der Waals surface area contributed by atoms with E-state index in [0.29, 0.717) is 19.5 Å². The first kappa shape index (κ1) is 19.2. The van der Waals surface area contributed by atoms with Gasteiger partial charge in [0.15, 0.2) is 6.61 Å². The molecule has 4 rings (SSSR count). The molecule has 0 N–H and O–H groups in total. The van der Waals surface area contributed by atoms with Crippen LogP contribution in [0.3, 0.4) is 0 Å². The maximum atomic E-state index is 12.6.